The van der Waals surface area contributed by atoms with Crippen molar-refractivity contribution in [3.8, 4) is 0 Å². The number of esters is 2. The molecule has 0 radical (unpaired) electrons. The van der Waals surface area contributed by atoms with E-state index in [0.29, 0.717) is 12.8 Å². The van der Waals surface area contributed by atoms with Crippen molar-refractivity contribution in [1.29, 1.82) is 0 Å². The third-order valence-electron chi connectivity index (χ3n) is 10.2. The molecule has 0 saturated carbocycles. The number of allylic oxidation sites excluding steroid dienone is 6. The Balaban J connectivity index is 3.89. The highest BCUT2D eigenvalue weighted by molar-refractivity contribution is 7.46. The highest BCUT2D eigenvalue weighted by atomic mass is 31.2. The van der Waals surface area contributed by atoms with Crippen LogP contribution in [0.2, 0.25) is 0 Å². The molecule has 0 aliphatic heterocycles. The second-order valence-corrected chi connectivity index (χ2v) is 17.0. The van der Waals surface area contributed by atoms with Crippen LogP contribution >= 0.6 is 7.82 Å². The molecule has 0 spiro atoms. The molecule has 0 fully saturated rings. The van der Waals surface area contributed by atoms with Gasteiger partial charge in [0.1, 0.15) is 6.61 Å². The van der Waals surface area contributed by atoms with E-state index in [2.05, 4.69) is 48.8 Å². The number of rotatable bonds is 43. The Morgan fingerprint density at radius 1 is 0.464 bits per heavy atom. The zero-order valence-corrected chi connectivity index (χ0v) is 37.2. The summed E-state index contributed by atoms with van der Waals surface area (Å²) in [5.41, 5.74) is 0. The summed E-state index contributed by atoms with van der Waals surface area (Å²) in [7, 11) is -4.77. The van der Waals surface area contributed by atoms with E-state index in [1.54, 1.807) is 0 Å². The molecule has 0 aromatic carbocycles. The van der Waals surface area contributed by atoms with Gasteiger partial charge in [-0.3, -0.25) is 14.1 Å². The van der Waals surface area contributed by atoms with E-state index in [-0.39, 0.29) is 19.4 Å². The standard InChI is InChI=1S/C47H87O8P/c1-3-5-7-9-11-13-15-17-19-21-22-23-24-26-27-29-31-33-35-37-39-41-46(48)53-43-45(44-54-56(50,51)52)55-47(49)42-40-38-36-34-32-30-28-25-20-18-16-14-12-10-8-6-4-2/h18,20,28,30,34,36,45H,3-17,19,21-27,29,31-33,35,37-44H2,1-2H3,(H2,50,51,52)/b20-18-,30-28-,36-34-/t45-/m1/s1. The number of carbonyl (C=O) groups is 2. The van der Waals surface area contributed by atoms with Crippen LogP contribution in [0.1, 0.15) is 232 Å². The molecular weight excluding hydrogens is 723 g/mol. The van der Waals surface area contributed by atoms with Crippen molar-refractivity contribution in [3.63, 3.8) is 0 Å². The fourth-order valence-corrected chi connectivity index (χ4v) is 7.05. The molecule has 0 saturated heterocycles. The summed E-state index contributed by atoms with van der Waals surface area (Å²) in [6.07, 6.45) is 51.7. The molecule has 2 N–H and O–H groups in total. The second-order valence-electron chi connectivity index (χ2n) is 15.7. The monoisotopic (exact) mass is 811 g/mol. The molecule has 0 aromatic heterocycles. The Morgan fingerprint density at radius 3 is 1.25 bits per heavy atom. The number of unbranched alkanes of at least 4 members (excludes halogenated alkanes) is 27. The van der Waals surface area contributed by atoms with Crippen LogP contribution in [0.25, 0.3) is 0 Å². The number of phosphoric ester groups is 1. The SMILES string of the molecule is CCCCCCCC/C=C\C/C=C\C/C=C\CCCC(=O)O[C@H](COC(=O)CCCCCCCCCCCCCCCCCCCCCCC)COP(=O)(O)O. The lowest BCUT2D eigenvalue weighted by Crippen LogP contribution is -2.29. The number of hydrogen-bond donors (Lipinski definition) is 2. The van der Waals surface area contributed by atoms with Crippen LogP contribution < -0.4 is 0 Å². The molecule has 0 rings (SSSR count). The zero-order valence-electron chi connectivity index (χ0n) is 36.3. The van der Waals surface area contributed by atoms with Gasteiger partial charge < -0.3 is 19.3 Å². The van der Waals surface area contributed by atoms with Gasteiger partial charge in [-0.15, -0.1) is 0 Å². The lowest BCUT2D eigenvalue weighted by Gasteiger charge is -2.18. The van der Waals surface area contributed by atoms with Crippen LogP contribution in [0.3, 0.4) is 0 Å². The third kappa shape index (κ3) is 45.0. The maximum absolute atomic E-state index is 12.4. The number of ether oxygens (including phenoxy) is 2. The Labute approximate surface area is 344 Å². The van der Waals surface area contributed by atoms with Crippen LogP contribution in [0.15, 0.2) is 36.5 Å². The fourth-order valence-electron chi connectivity index (χ4n) is 6.69. The average Bonchev–Trinajstić information content (AvgIpc) is 3.17. The van der Waals surface area contributed by atoms with Gasteiger partial charge in [0.05, 0.1) is 6.61 Å². The van der Waals surface area contributed by atoms with E-state index in [0.717, 1.165) is 38.5 Å². The molecule has 0 amide bonds. The summed E-state index contributed by atoms with van der Waals surface area (Å²) in [5, 5.41) is 0. The lowest BCUT2D eigenvalue weighted by atomic mass is 10.0. The smallest absolute Gasteiger partial charge is 0.462 e. The van der Waals surface area contributed by atoms with E-state index >= 15 is 0 Å². The van der Waals surface area contributed by atoms with Gasteiger partial charge in [0, 0.05) is 12.8 Å². The predicted molar refractivity (Wildman–Crippen MR) is 235 cm³/mol. The van der Waals surface area contributed by atoms with Crippen molar-refractivity contribution >= 4 is 19.8 Å². The Kier molecular flexibility index (Phi) is 41.5. The number of carbonyl (C=O) groups excluding carboxylic acids is 2. The summed E-state index contributed by atoms with van der Waals surface area (Å²) in [5.74, 6) is -0.936. The minimum Gasteiger partial charge on any atom is -0.462 e. The number of hydrogen-bond acceptors (Lipinski definition) is 6. The van der Waals surface area contributed by atoms with E-state index in [4.69, 9.17) is 19.3 Å². The summed E-state index contributed by atoms with van der Waals surface area (Å²) in [4.78, 5) is 42.9. The first kappa shape index (κ1) is 54.3. The molecule has 0 aromatic rings. The summed E-state index contributed by atoms with van der Waals surface area (Å²) in [6.45, 7) is 3.67. The minimum atomic E-state index is -4.77. The van der Waals surface area contributed by atoms with E-state index in [1.807, 2.05) is 6.08 Å². The topological polar surface area (TPSA) is 119 Å². The van der Waals surface area contributed by atoms with E-state index in [1.165, 1.54) is 154 Å². The molecule has 1 atom stereocenters. The maximum atomic E-state index is 12.4. The first-order chi connectivity index (χ1) is 27.3. The van der Waals surface area contributed by atoms with Crippen molar-refractivity contribution in [2.24, 2.45) is 0 Å². The molecule has 0 unspecified atom stereocenters. The summed E-state index contributed by atoms with van der Waals surface area (Å²) in [6, 6.07) is 0. The summed E-state index contributed by atoms with van der Waals surface area (Å²) >= 11 is 0. The molecule has 0 heterocycles. The largest absolute Gasteiger partial charge is 0.469 e. The first-order valence-electron chi connectivity index (χ1n) is 23.3. The highest BCUT2D eigenvalue weighted by Gasteiger charge is 2.22. The van der Waals surface area contributed by atoms with E-state index in [9.17, 15) is 14.2 Å². The van der Waals surface area contributed by atoms with Crippen molar-refractivity contribution in [3.05, 3.63) is 36.5 Å². The fraction of sp³-hybridized carbons (Fsp3) is 0.830. The van der Waals surface area contributed by atoms with Gasteiger partial charge >= 0.3 is 19.8 Å². The average molecular weight is 811 g/mol. The third-order valence-corrected chi connectivity index (χ3v) is 10.6. The van der Waals surface area contributed by atoms with Crippen LogP contribution in [0, 0.1) is 0 Å². The van der Waals surface area contributed by atoms with Crippen LogP contribution in [-0.4, -0.2) is 41.0 Å². The van der Waals surface area contributed by atoms with Crippen LogP contribution in [-0.2, 0) is 28.2 Å². The molecule has 0 aliphatic carbocycles. The van der Waals surface area contributed by atoms with Gasteiger partial charge in [0.25, 0.3) is 0 Å². The van der Waals surface area contributed by atoms with Gasteiger partial charge in [-0.1, -0.05) is 211 Å². The Hall–Kier alpha value is -1.73. The Morgan fingerprint density at radius 2 is 0.821 bits per heavy atom. The predicted octanol–water partition coefficient (Wildman–Crippen LogP) is 14.5. The van der Waals surface area contributed by atoms with Gasteiger partial charge in [0.2, 0.25) is 0 Å². The quantitative estimate of drug-likeness (QED) is 0.0270. The van der Waals surface area contributed by atoms with Crippen LogP contribution in [0.4, 0.5) is 0 Å². The number of phosphoric acid groups is 1. The van der Waals surface area contributed by atoms with Crippen molar-refractivity contribution in [2.45, 2.75) is 238 Å². The van der Waals surface area contributed by atoms with Crippen molar-refractivity contribution in [1.82, 2.24) is 0 Å². The first-order valence-corrected chi connectivity index (χ1v) is 24.8. The van der Waals surface area contributed by atoms with Gasteiger partial charge in [-0.2, -0.15) is 0 Å². The second kappa shape index (κ2) is 42.9. The highest BCUT2D eigenvalue weighted by Crippen LogP contribution is 2.36. The molecule has 9 heteroatoms. The lowest BCUT2D eigenvalue weighted by molar-refractivity contribution is -0.161. The van der Waals surface area contributed by atoms with Gasteiger partial charge in [-0.05, 0) is 44.9 Å². The molecule has 56 heavy (non-hydrogen) atoms. The molecule has 0 bridgehead atoms. The van der Waals surface area contributed by atoms with Gasteiger partial charge in [-0.25, -0.2) is 4.57 Å². The molecule has 328 valence electrons. The maximum Gasteiger partial charge on any atom is 0.469 e. The van der Waals surface area contributed by atoms with Crippen molar-refractivity contribution < 1.29 is 37.9 Å². The minimum absolute atomic E-state index is 0.142. The Bertz CT molecular complexity index is 1000. The molecular formula is C47H87O8P. The summed E-state index contributed by atoms with van der Waals surface area (Å²) < 4.78 is 26.4. The molecule has 0 aliphatic rings. The van der Waals surface area contributed by atoms with Crippen LogP contribution in [0.5, 0.6) is 0 Å². The normalized spacial score (nSPS) is 12.7. The van der Waals surface area contributed by atoms with E-state index < -0.39 is 32.5 Å². The van der Waals surface area contributed by atoms with Crippen molar-refractivity contribution in [2.75, 3.05) is 13.2 Å². The molecule has 8 nitrogen and oxygen atoms in total. The van der Waals surface area contributed by atoms with Gasteiger partial charge in [0.15, 0.2) is 6.10 Å². The zero-order chi connectivity index (χ0) is 41.1.